The summed E-state index contributed by atoms with van der Waals surface area (Å²) in [6.07, 6.45) is 5.08. The van der Waals surface area contributed by atoms with Crippen LogP contribution in [0.5, 0.6) is 0 Å². The van der Waals surface area contributed by atoms with Crippen LogP contribution in [0.1, 0.15) is 31.9 Å². The van der Waals surface area contributed by atoms with Crippen molar-refractivity contribution in [2.45, 2.75) is 36.9 Å². The summed E-state index contributed by atoms with van der Waals surface area (Å²) >= 11 is 5.53. The van der Waals surface area contributed by atoms with Gasteiger partial charge in [-0.1, -0.05) is 29.3 Å². The molecule has 1 fully saturated rings. The molecule has 3 heteroatoms. The Hall–Kier alpha value is 0.110. The highest BCUT2D eigenvalue weighted by atomic mass is 79.9. The van der Waals surface area contributed by atoms with Crippen LogP contribution in [0.15, 0.2) is 10.9 Å². The molecular formula is C10H14BrNS. The third kappa shape index (κ3) is 2.13. The molecule has 0 bridgehead atoms. The molecular weight excluding hydrogens is 246 g/mol. The number of hydrogen-bond donors (Lipinski definition) is 0. The molecule has 0 radical (unpaired) electrons. The molecule has 1 aromatic heterocycles. The fourth-order valence-electron chi connectivity index (χ4n) is 1.81. The van der Waals surface area contributed by atoms with E-state index in [1.54, 1.807) is 11.3 Å². The van der Waals surface area contributed by atoms with Crippen LogP contribution in [0.25, 0.3) is 0 Å². The lowest BCUT2D eigenvalue weighted by atomic mass is 9.95. The van der Waals surface area contributed by atoms with E-state index in [2.05, 4.69) is 33.2 Å². The van der Waals surface area contributed by atoms with Gasteiger partial charge < -0.3 is 0 Å². The second-order valence-electron chi connectivity index (χ2n) is 3.82. The zero-order valence-electron chi connectivity index (χ0n) is 7.79. The average Bonchev–Trinajstić information content (AvgIpc) is 2.70. The Balaban J connectivity index is 1.99. The molecule has 1 aromatic rings. The van der Waals surface area contributed by atoms with E-state index in [0.717, 1.165) is 12.3 Å². The van der Waals surface area contributed by atoms with E-state index < -0.39 is 0 Å². The lowest BCUT2D eigenvalue weighted by molar-refractivity contribution is 0.476. The maximum atomic E-state index is 4.34. The van der Waals surface area contributed by atoms with E-state index in [0.29, 0.717) is 4.32 Å². The molecule has 1 unspecified atom stereocenters. The number of hydrogen-bond acceptors (Lipinski definition) is 2. The molecule has 0 saturated heterocycles. The molecule has 0 spiro atoms. The van der Waals surface area contributed by atoms with Crippen LogP contribution in [0.2, 0.25) is 0 Å². The first-order chi connectivity index (χ1) is 6.24. The maximum absolute atomic E-state index is 4.34. The number of halogens is 1. The van der Waals surface area contributed by atoms with Crippen LogP contribution in [-0.2, 0) is 6.42 Å². The highest BCUT2D eigenvalue weighted by Gasteiger charge is 2.45. The second kappa shape index (κ2) is 3.70. The first-order valence-corrected chi connectivity index (χ1v) is 6.54. The molecule has 13 heavy (non-hydrogen) atoms. The van der Waals surface area contributed by atoms with Crippen molar-refractivity contribution >= 4 is 27.3 Å². The summed E-state index contributed by atoms with van der Waals surface area (Å²) in [7, 11) is 0. The normalized spacial score (nSPS) is 21.4. The summed E-state index contributed by atoms with van der Waals surface area (Å²) in [5.74, 6) is 0.773. The molecule has 1 atom stereocenters. The smallest absolute Gasteiger partial charge is 0.0794 e. The average molecular weight is 260 g/mol. The van der Waals surface area contributed by atoms with Crippen molar-refractivity contribution in [3.8, 4) is 0 Å². The molecule has 0 aliphatic heterocycles. The molecule has 2 rings (SSSR count). The number of nitrogens with zero attached hydrogens (tertiary/aromatic N) is 1. The Morgan fingerprint density at radius 3 is 2.92 bits per heavy atom. The molecule has 72 valence electrons. The number of aromatic nitrogens is 1. The quantitative estimate of drug-likeness (QED) is 0.753. The summed E-state index contributed by atoms with van der Waals surface area (Å²) in [5.41, 5.74) is 3.19. The summed E-state index contributed by atoms with van der Waals surface area (Å²) in [5, 5.41) is 2.17. The van der Waals surface area contributed by atoms with Crippen molar-refractivity contribution in [3.05, 3.63) is 16.6 Å². The number of alkyl halides is 1. The van der Waals surface area contributed by atoms with E-state index in [1.807, 2.05) is 5.51 Å². The topological polar surface area (TPSA) is 12.9 Å². The lowest BCUT2D eigenvalue weighted by Crippen LogP contribution is -2.17. The van der Waals surface area contributed by atoms with Crippen molar-refractivity contribution < 1.29 is 0 Å². The van der Waals surface area contributed by atoms with Crippen LogP contribution in [-0.4, -0.2) is 9.31 Å². The van der Waals surface area contributed by atoms with Crippen LogP contribution >= 0.6 is 27.3 Å². The molecule has 1 heterocycles. The van der Waals surface area contributed by atoms with Gasteiger partial charge in [0.2, 0.25) is 0 Å². The van der Waals surface area contributed by atoms with Gasteiger partial charge in [-0.2, -0.15) is 0 Å². The van der Waals surface area contributed by atoms with Crippen molar-refractivity contribution in [2.75, 3.05) is 0 Å². The maximum Gasteiger partial charge on any atom is 0.0794 e. The first-order valence-electron chi connectivity index (χ1n) is 4.80. The van der Waals surface area contributed by atoms with Gasteiger partial charge in [0.25, 0.3) is 0 Å². The summed E-state index contributed by atoms with van der Waals surface area (Å²) < 4.78 is 0.464. The first kappa shape index (κ1) is 9.66. The molecule has 1 saturated carbocycles. The van der Waals surface area contributed by atoms with Gasteiger partial charge in [-0.15, -0.1) is 11.3 Å². The van der Waals surface area contributed by atoms with Gasteiger partial charge in [0.05, 0.1) is 11.2 Å². The van der Waals surface area contributed by atoms with Crippen molar-refractivity contribution in [2.24, 2.45) is 5.92 Å². The van der Waals surface area contributed by atoms with Crippen molar-refractivity contribution in [1.82, 2.24) is 4.98 Å². The predicted molar refractivity (Wildman–Crippen MR) is 60.5 cm³/mol. The Morgan fingerprint density at radius 1 is 1.69 bits per heavy atom. The fourth-order valence-corrected chi connectivity index (χ4v) is 3.07. The minimum atomic E-state index is 0.464. The largest absolute Gasteiger partial charge is 0.250 e. The summed E-state index contributed by atoms with van der Waals surface area (Å²) in [6.45, 7) is 2.28. The molecule has 1 aliphatic carbocycles. The lowest BCUT2D eigenvalue weighted by Gasteiger charge is -2.18. The SMILES string of the molecule is CCC(Cc1cscn1)C1(Br)CC1. The van der Waals surface area contributed by atoms with Gasteiger partial charge in [0, 0.05) is 9.70 Å². The predicted octanol–water partition coefficient (Wildman–Crippen LogP) is 3.64. The van der Waals surface area contributed by atoms with Crippen LogP contribution in [0, 0.1) is 5.92 Å². The monoisotopic (exact) mass is 259 g/mol. The minimum Gasteiger partial charge on any atom is -0.250 e. The zero-order chi connectivity index (χ0) is 9.31. The molecule has 0 aromatic carbocycles. The molecule has 1 aliphatic rings. The van der Waals surface area contributed by atoms with Gasteiger partial charge in [-0.05, 0) is 25.2 Å². The molecule has 1 nitrogen and oxygen atoms in total. The minimum absolute atomic E-state index is 0.464. The van der Waals surface area contributed by atoms with E-state index >= 15 is 0 Å². The summed E-state index contributed by atoms with van der Waals surface area (Å²) in [6, 6.07) is 0. The van der Waals surface area contributed by atoms with E-state index in [1.165, 1.54) is 25.0 Å². The molecule has 0 N–H and O–H groups in total. The Morgan fingerprint density at radius 2 is 2.46 bits per heavy atom. The Bertz CT molecular complexity index is 266. The second-order valence-corrected chi connectivity index (χ2v) is 6.12. The van der Waals surface area contributed by atoms with Crippen LogP contribution in [0.4, 0.5) is 0 Å². The number of rotatable bonds is 4. The van der Waals surface area contributed by atoms with Gasteiger partial charge in [0.1, 0.15) is 0 Å². The third-order valence-corrected chi connectivity index (χ3v) is 4.97. The standard InChI is InChI=1S/C10H14BrNS/c1-2-8(10(11)3-4-10)5-9-6-13-7-12-9/h6-8H,2-5H2,1H3. The number of thiazole rings is 1. The zero-order valence-corrected chi connectivity index (χ0v) is 10.2. The van der Waals surface area contributed by atoms with Gasteiger partial charge in [0.15, 0.2) is 0 Å². The Labute approximate surface area is 91.7 Å². The van der Waals surface area contributed by atoms with Gasteiger partial charge in [-0.3, -0.25) is 0 Å². The van der Waals surface area contributed by atoms with E-state index in [9.17, 15) is 0 Å². The van der Waals surface area contributed by atoms with E-state index in [-0.39, 0.29) is 0 Å². The van der Waals surface area contributed by atoms with E-state index in [4.69, 9.17) is 0 Å². The van der Waals surface area contributed by atoms with Crippen LogP contribution in [0.3, 0.4) is 0 Å². The fraction of sp³-hybridized carbons (Fsp3) is 0.700. The highest BCUT2D eigenvalue weighted by Crippen LogP contribution is 2.52. The van der Waals surface area contributed by atoms with Gasteiger partial charge >= 0.3 is 0 Å². The molecule has 0 amide bonds. The highest BCUT2D eigenvalue weighted by molar-refractivity contribution is 9.10. The third-order valence-electron chi connectivity index (χ3n) is 2.89. The van der Waals surface area contributed by atoms with Crippen LogP contribution < -0.4 is 0 Å². The van der Waals surface area contributed by atoms with Crippen molar-refractivity contribution in [3.63, 3.8) is 0 Å². The Kier molecular flexibility index (Phi) is 2.75. The summed E-state index contributed by atoms with van der Waals surface area (Å²) in [4.78, 5) is 4.34. The van der Waals surface area contributed by atoms with Gasteiger partial charge in [-0.25, -0.2) is 4.98 Å². The van der Waals surface area contributed by atoms with Crippen molar-refractivity contribution in [1.29, 1.82) is 0 Å².